The van der Waals surface area contributed by atoms with Crippen LogP contribution in [0.3, 0.4) is 0 Å². The second-order valence-electron chi connectivity index (χ2n) is 5.75. The van der Waals surface area contributed by atoms with Crippen LogP contribution in [0.1, 0.15) is 26.6 Å². The van der Waals surface area contributed by atoms with Gasteiger partial charge in [0.05, 0.1) is 17.2 Å². The number of hydrogen-bond acceptors (Lipinski definition) is 5. The van der Waals surface area contributed by atoms with Crippen molar-refractivity contribution in [2.75, 3.05) is 13.6 Å². The first kappa shape index (κ1) is 17.8. The maximum atomic E-state index is 10.5. The quantitative estimate of drug-likeness (QED) is 0.473. The summed E-state index contributed by atoms with van der Waals surface area (Å²) >= 11 is 3.31. The van der Waals surface area contributed by atoms with E-state index >= 15 is 0 Å². The number of nitrogens with one attached hydrogen (secondary N) is 2. The molecule has 0 fully saturated rings. The van der Waals surface area contributed by atoms with Crippen LogP contribution in [0.5, 0.6) is 0 Å². The number of aliphatic hydroxyl groups excluding tert-OH is 1. The summed E-state index contributed by atoms with van der Waals surface area (Å²) in [5, 5.41) is 19.2. The molecule has 0 amide bonds. The Hall–Kier alpha value is -1.96. The van der Waals surface area contributed by atoms with Gasteiger partial charge in [0, 0.05) is 28.0 Å². The minimum absolute atomic E-state index is 0.410. The molecular weight excluding hydrogens is 352 g/mol. The fourth-order valence-corrected chi connectivity index (χ4v) is 4.51. The third kappa shape index (κ3) is 4.36. The molecule has 3 rings (SSSR count). The fraction of sp³-hybridized carbons (Fsp3) is 0.333. The number of thiazole rings is 1. The number of benzene rings is 1. The van der Waals surface area contributed by atoms with Crippen molar-refractivity contribution in [2.45, 2.75) is 26.5 Å². The number of fused-ring (bicyclic) bond motifs is 1. The van der Waals surface area contributed by atoms with Gasteiger partial charge in [-0.25, -0.2) is 4.98 Å². The number of aliphatic hydroxyl groups is 1. The second kappa shape index (κ2) is 7.95. The Morgan fingerprint density at radius 3 is 2.72 bits per heavy atom. The van der Waals surface area contributed by atoms with E-state index < -0.39 is 6.10 Å². The van der Waals surface area contributed by atoms with Crippen LogP contribution in [0.15, 0.2) is 35.3 Å². The van der Waals surface area contributed by atoms with Crippen molar-refractivity contribution in [1.29, 1.82) is 0 Å². The van der Waals surface area contributed by atoms with E-state index in [1.165, 1.54) is 15.0 Å². The van der Waals surface area contributed by atoms with Crippen molar-refractivity contribution in [3.8, 4) is 0 Å². The summed E-state index contributed by atoms with van der Waals surface area (Å²) in [7, 11) is 1.73. The standard InChI is InChI=1S/C18H22N4OS2/c1-11-17(24-12(2)22-11)10-21-18(19-3)20-9-14(23)16-8-13-6-4-5-7-15(13)25-16/h4-8,14,23H,9-10H2,1-3H3,(H2,19,20,21). The predicted octanol–water partition coefficient (Wildman–Crippen LogP) is 3.37. The van der Waals surface area contributed by atoms with E-state index in [1.54, 1.807) is 29.7 Å². The highest BCUT2D eigenvalue weighted by Gasteiger charge is 2.12. The summed E-state index contributed by atoms with van der Waals surface area (Å²) in [6.07, 6.45) is -0.566. The molecule has 0 aliphatic heterocycles. The van der Waals surface area contributed by atoms with Crippen molar-refractivity contribution < 1.29 is 5.11 Å². The molecule has 2 aromatic heterocycles. The average Bonchev–Trinajstić information content (AvgIpc) is 3.17. The normalized spacial score (nSPS) is 13.2. The lowest BCUT2D eigenvalue weighted by Crippen LogP contribution is -2.38. The van der Waals surface area contributed by atoms with Crippen LogP contribution in [0.2, 0.25) is 0 Å². The highest BCUT2D eigenvalue weighted by Crippen LogP contribution is 2.29. The van der Waals surface area contributed by atoms with Gasteiger partial charge in [-0.3, -0.25) is 4.99 Å². The number of guanidine groups is 1. The molecule has 0 saturated carbocycles. The van der Waals surface area contributed by atoms with Crippen LogP contribution in [0.25, 0.3) is 10.1 Å². The van der Waals surface area contributed by atoms with Gasteiger partial charge >= 0.3 is 0 Å². The lowest BCUT2D eigenvalue weighted by molar-refractivity contribution is 0.184. The Kier molecular flexibility index (Phi) is 5.67. The molecule has 3 N–H and O–H groups in total. The van der Waals surface area contributed by atoms with E-state index in [9.17, 15) is 5.11 Å². The Morgan fingerprint density at radius 2 is 2.04 bits per heavy atom. The summed E-state index contributed by atoms with van der Waals surface area (Å²) in [4.78, 5) is 10.8. The Balaban J connectivity index is 1.56. The minimum atomic E-state index is -0.566. The van der Waals surface area contributed by atoms with Gasteiger partial charge in [-0.1, -0.05) is 18.2 Å². The monoisotopic (exact) mass is 374 g/mol. The smallest absolute Gasteiger partial charge is 0.191 e. The minimum Gasteiger partial charge on any atom is -0.386 e. The molecule has 0 spiro atoms. The molecule has 1 atom stereocenters. The molecule has 1 unspecified atom stereocenters. The van der Waals surface area contributed by atoms with Crippen LogP contribution in [0.4, 0.5) is 0 Å². The molecule has 0 aliphatic rings. The summed E-state index contributed by atoms with van der Waals surface area (Å²) in [5.41, 5.74) is 1.05. The van der Waals surface area contributed by atoms with Gasteiger partial charge in [-0.2, -0.15) is 0 Å². The van der Waals surface area contributed by atoms with Gasteiger partial charge in [0.1, 0.15) is 6.10 Å². The van der Waals surface area contributed by atoms with E-state index in [0.29, 0.717) is 19.0 Å². The summed E-state index contributed by atoms with van der Waals surface area (Å²) < 4.78 is 1.19. The molecule has 2 heterocycles. The highest BCUT2D eigenvalue weighted by molar-refractivity contribution is 7.19. The zero-order chi connectivity index (χ0) is 17.8. The molecule has 0 bridgehead atoms. The van der Waals surface area contributed by atoms with Gasteiger partial charge in [-0.05, 0) is 31.4 Å². The van der Waals surface area contributed by atoms with E-state index in [2.05, 4.69) is 32.7 Å². The maximum Gasteiger partial charge on any atom is 0.191 e. The van der Waals surface area contributed by atoms with Crippen LogP contribution in [0, 0.1) is 13.8 Å². The number of hydrogen-bond donors (Lipinski definition) is 3. The van der Waals surface area contributed by atoms with E-state index in [4.69, 9.17) is 0 Å². The molecule has 3 aromatic rings. The largest absolute Gasteiger partial charge is 0.386 e. The van der Waals surface area contributed by atoms with Crippen LogP contribution in [-0.2, 0) is 6.54 Å². The molecule has 0 saturated heterocycles. The van der Waals surface area contributed by atoms with Crippen molar-refractivity contribution in [1.82, 2.24) is 15.6 Å². The number of aliphatic imine (C=N–C) groups is 1. The van der Waals surface area contributed by atoms with Crippen LogP contribution in [-0.4, -0.2) is 29.6 Å². The second-order valence-corrected chi connectivity index (χ2v) is 8.15. The van der Waals surface area contributed by atoms with Crippen LogP contribution >= 0.6 is 22.7 Å². The molecular formula is C18H22N4OS2. The van der Waals surface area contributed by atoms with Crippen LogP contribution < -0.4 is 10.6 Å². The average molecular weight is 375 g/mol. The highest BCUT2D eigenvalue weighted by atomic mass is 32.1. The first-order chi connectivity index (χ1) is 12.1. The van der Waals surface area contributed by atoms with E-state index in [1.807, 2.05) is 32.0 Å². The van der Waals surface area contributed by atoms with Crippen molar-refractivity contribution in [3.05, 3.63) is 50.8 Å². The molecule has 1 aromatic carbocycles. The van der Waals surface area contributed by atoms with Gasteiger partial charge in [0.25, 0.3) is 0 Å². The lowest BCUT2D eigenvalue weighted by Gasteiger charge is -2.14. The zero-order valence-corrected chi connectivity index (χ0v) is 16.2. The Labute approximate surface area is 155 Å². The fourth-order valence-electron chi connectivity index (χ4n) is 2.58. The zero-order valence-electron chi connectivity index (χ0n) is 14.5. The van der Waals surface area contributed by atoms with Crippen molar-refractivity contribution >= 4 is 38.7 Å². The van der Waals surface area contributed by atoms with Crippen molar-refractivity contribution in [3.63, 3.8) is 0 Å². The topological polar surface area (TPSA) is 69.5 Å². The van der Waals surface area contributed by atoms with E-state index in [-0.39, 0.29) is 0 Å². The number of aryl methyl sites for hydroxylation is 2. The van der Waals surface area contributed by atoms with Gasteiger partial charge in [0.15, 0.2) is 5.96 Å². The number of nitrogens with zero attached hydrogens (tertiary/aromatic N) is 2. The number of thiophene rings is 1. The molecule has 25 heavy (non-hydrogen) atoms. The summed E-state index contributed by atoms with van der Waals surface area (Å²) in [6, 6.07) is 10.2. The SMILES string of the molecule is CN=C(NCc1sc(C)nc1C)NCC(O)c1cc2ccccc2s1. The molecule has 0 aliphatic carbocycles. The third-order valence-electron chi connectivity index (χ3n) is 3.88. The molecule has 0 radical (unpaired) electrons. The lowest BCUT2D eigenvalue weighted by atomic mass is 10.2. The first-order valence-electron chi connectivity index (χ1n) is 8.11. The summed E-state index contributed by atoms with van der Waals surface area (Å²) in [5.74, 6) is 0.672. The third-order valence-corrected chi connectivity index (χ3v) is 6.17. The molecule has 132 valence electrons. The number of aromatic nitrogens is 1. The van der Waals surface area contributed by atoms with Crippen molar-refractivity contribution in [2.24, 2.45) is 4.99 Å². The summed E-state index contributed by atoms with van der Waals surface area (Å²) in [6.45, 7) is 5.11. The molecule has 5 nitrogen and oxygen atoms in total. The first-order valence-corrected chi connectivity index (χ1v) is 9.74. The van der Waals surface area contributed by atoms with Gasteiger partial charge < -0.3 is 15.7 Å². The van der Waals surface area contributed by atoms with Gasteiger partial charge in [0.2, 0.25) is 0 Å². The Bertz CT molecular complexity index is 851. The number of rotatable bonds is 5. The van der Waals surface area contributed by atoms with E-state index in [0.717, 1.165) is 15.6 Å². The van der Waals surface area contributed by atoms with Gasteiger partial charge in [-0.15, -0.1) is 22.7 Å². The molecule has 7 heteroatoms. The maximum absolute atomic E-state index is 10.5. The predicted molar refractivity (Wildman–Crippen MR) is 107 cm³/mol. The Morgan fingerprint density at radius 1 is 1.24 bits per heavy atom.